The minimum atomic E-state index is -0.762. The maximum absolute atomic E-state index is 11.7. The van der Waals surface area contributed by atoms with Crippen molar-refractivity contribution >= 4 is 29.7 Å². The van der Waals surface area contributed by atoms with E-state index in [0.717, 1.165) is 32.1 Å². The molecule has 0 aromatic rings. The Morgan fingerprint density at radius 1 is 1.17 bits per heavy atom. The molecule has 4 atom stereocenters. The number of hydrogen-bond acceptors (Lipinski definition) is 4. The Kier molecular flexibility index (Phi) is 5.53. The van der Waals surface area contributed by atoms with Crippen molar-refractivity contribution in [3.63, 3.8) is 0 Å². The number of carbonyl (C=O) groups is 3. The number of carboxylic acids is 1. The average molecular weight is 355 g/mol. The zero-order chi connectivity index (χ0) is 17.1. The predicted octanol–water partition coefficient (Wildman–Crippen LogP) is 1.53. The highest BCUT2D eigenvalue weighted by Gasteiger charge is 2.68. The summed E-state index contributed by atoms with van der Waals surface area (Å²) in [4.78, 5) is 35.6. The van der Waals surface area contributed by atoms with Gasteiger partial charge in [-0.25, -0.2) is 4.79 Å². The van der Waals surface area contributed by atoms with Gasteiger partial charge in [0.2, 0.25) is 5.91 Å². The second kappa shape index (κ2) is 7.63. The van der Waals surface area contributed by atoms with Crippen LogP contribution in [-0.4, -0.2) is 57.2 Å². The van der Waals surface area contributed by atoms with Crippen molar-refractivity contribution in [2.75, 3.05) is 6.54 Å². The first-order valence-electron chi connectivity index (χ1n) is 8.80. The third-order valence-electron chi connectivity index (χ3n) is 4.94. The summed E-state index contributed by atoms with van der Waals surface area (Å²) in [6.45, 7) is 0.629. The molecule has 0 unspecified atom stereocenters. The summed E-state index contributed by atoms with van der Waals surface area (Å²) in [6.07, 6.45) is 6.02. The van der Waals surface area contributed by atoms with Crippen molar-refractivity contribution < 1.29 is 19.5 Å². The molecule has 3 N–H and O–H groups in total. The highest BCUT2D eigenvalue weighted by Crippen LogP contribution is 2.55. The molecule has 8 heteroatoms. The average Bonchev–Trinajstić information content (AvgIpc) is 3.04. The van der Waals surface area contributed by atoms with Gasteiger partial charge < -0.3 is 20.6 Å². The zero-order valence-electron chi connectivity index (χ0n) is 13.7. The molecule has 3 aliphatic heterocycles. The van der Waals surface area contributed by atoms with Crippen LogP contribution in [0, 0.1) is 0 Å². The largest absolute Gasteiger partial charge is 0.481 e. The lowest BCUT2D eigenvalue weighted by Crippen LogP contribution is -2.36. The second-order valence-electron chi connectivity index (χ2n) is 6.74. The van der Waals surface area contributed by atoms with Crippen LogP contribution in [0.2, 0.25) is 0 Å². The van der Waals surface area contributed by atoms with Gasteiger partial charge >= 0.3 is 12.0 Å². The van der Waals surface area contributed by atoms with Gasteiger partial charge in [0, 0.05) is 24.6 Å². The molecule has 0 aliphatic carbocycles. The number of rotatable bonds is 11. The number of amides is 3. The lowest BCUT2D eigenvalue weighted by molar-refractivity contribution is -0.137. The van der Waals surface area contributed by atoms with Gasteiger partial charge in [0.25, 0.3) is 0 Å². The predicted molar refractivity (Wildman–Crippen MR) is 90.7 cm³/mol. The Morgan fingerprint density at radius 3 is 2.71 bits per heavy atom. The summed E-state index contributed by atoms with van der Waals surface area (Å²) < 4.78 is 0. The highest BCUT2D eigenvalue weighted by molar-refractivity contribution is 8.01. The molecule has 3 fully saturated rings. The smallest absolute Gasteiger partial charge is 0.319 e. The molecular weight excluding hydrogens is 330 g/mol. The topological polar surface area (TPSA) is 98.5 Å². The Morgan fingerprint density at radius 2 is 1.96 bits per heavy atom. The summed E-state index contributed by atoms with van der Waals surface area (Å²) in [6, 6.07) is 0.830. The molecular formula is C16H25N3O4S. The van der Waals surface area contributed by atoms with Crippen molar-refractivity contribution in [2.45, 2.75) is 74.1 Å². The molecule has 3 saturated heterocycles. The van der Waals surface area contributed by atoms with E-state index in [0.29, 0.717) is 42.1 Å². The van der Waals surface area contributed by atoms with Gasteiger partial charge in [-0.3, -0.25) is 9.59 Å². The van der Waals surface area contributed by atoms with Crippen molar-refractivity contribution in [1.29, 1.82) is 0 Å². The Hall–Kier alpha value is -1.44. The standard InChI is InChI=1S/C16H25N3O4S/c20-11(17-9-5-1-2-8-12(21)22)7-4-3-6-10-13-14-15(24-10)19(14)16(23)18-13/h10,13-15H,1-9H2,(H,17,20)(H,18,23)(H,21,22)/t10-,13+,14+,15+,19?/m0/s1. The third-order valence-corrected chi connectivity index (χ3v) is 6.60. The number of nitrogens with zero attached hydrogens (tertiary/aromatic N) is 1. The number of unbranched alkanes of at least 4 members (excludes halogenated alkanes) is 3. The van der Waals surface area contributed by atoms with Gasteiger partial charge in [-0.05, 0) is 25.7 Å². The summed E-state index contributed by atoms with van der Waals surface area (Å²) in [5.41, 5.74) is 0. The molecule has 24 heavy (non-hydrogen) atoms. The Balaban J connectivity index is 1.17. The third kappa shape index (κ3) is 3.96. The minimum Gasteiger partial charge on any atom is -0.481 e. The van der Waals surface area contributed by atoms with Gasteiger partial charge in [0.1, 0.15) is 5.37 Å². The van der Waals surface area contributed by atoms with E-state index in [1.807, 2.05) is 16.7 Å². The van der Waals surface area contributed by atoms with E-state index in [9.17, 15) is 14.4 Å². The normalized spacial score (nSPS) is 29.3. The Labute approximate surface area is 145 Å². The number of carboxylic acid groups (broad SMARTS) is 1. The first kappa shape index (κ1) is 17.4. The molecule has 0 bridgehead atoms. The Bertz CT molecular complexity index is 516. The number of hydrogen-bond donors (Lipinski definition) is 3. The lowest BCUT2D eigenvalue weighted by Gasteiger charge is -2.16. The van der Waals surface area contributed by atoms with E-state index in [-0.39, 0.29) is 18.4 Å². The van der Waals surface area contributed by atoms with Gasteiger partial charge in [-0.2, -0.15) is 0 Å². The van der Waals surface area contributed by atoms with Crippen LogP contribution in [0.15, 0.2) is 0 Å². The summed E-state index contributed by atoms with van der Waals surface area (Å²) in [5.74, 6) is -0.683. The van der Waals surface area contributed by atoms with E-state index >= 15 is 0 Å². The van der Waals surface area contributed by atoms with Gasteiger partial charge in [-0.1, -0.05) is 12.8 Å². The molecule has 0 saturated carbocycles. The van der Waals surface area contributed by atoms with Crippen LogP contribution in [0.3, 0.4) is 0 Å². The number of aliphatic carboxylic acids is 1. The molecule has 3 heterocycles. The summed E-state index contributed by atoms with van der Waals surface area (Å²) in [7, 11) is 0. The van der Waals surface area contributed by atoms with Crippen molar-refractivity contribution in [3.05, 3.63) is 0 Å². The van der Waals surface area contributed by atoms with E-state index in [4.69, 9.17) is 5.11 Å². The van der Waals surface area contributed by atoms with Crippen LogP contribution in [0.1, 0.15) is 51.4 Å². The summed E-state index contributed by atoms with van der Waals surface area (Å²) in [5, 5.41) is 15.4. The van der Waals surface area contributed by atoms with Gasteiger partial charge in [0.05, 0.1) is 12.1 Å². The summed E-state index contributed by atoms with van der Waals surface area (Å²) >= 11 is 1.90. The zero-order valence-corrected chi connectivity index (χ0v) is 14.5. The highest BCUT2D eigenvalue weighted by atomic mass is 32.2. The molecule has 134 valence electrons. The number of thioether (sulfide) groups is 1. The van der Waals surface area contributed by atoms with Crippen LogP contribution >= 0.6 is 11.8 Å². The fourth-order valence-corrected chi connectivity index (χ4v) is 5.44. The van der Waals surface area contributed by atoms with Crippen LogP contribution in [-0.2, 0) is 9.59 Å². The SMILES string of the molecule is O=C(O)CCCCCNC(=O)CCCC[C@@H]1S[C@@H]2[C@H]3[C@@H]1NC(=O)N32. The number of nitrogens with one attached hydrogen (secondary N) is 2. The number of carbonyl (C=O) groups excluding carboxylic acids is 2. The molecule has 3 aliphatic rings. The minimum absolute atomic E-state index is 0.0792. The monoisotopic (exact) mass is 355 g/mol. The van der Waals surface area contributed by atoms with Crippen LogP contribution in [0.5, 0.6) is 0 Å². The van der Waals surface area contributed by atoms with E-state index in [1.54, 1.807) is 0 Å². The molecule has 3 rings (SSSR count). The second-order valence-corrected chi connectivity index (χ2v) is 8.10. The van der Waals surface area contributed by atoms with Crippen LogP contribution in [0.25, 0.3) is 0 Å². The van der Waals surface area contributed by atoms with Gasteiger partial charge in [0.15, 0.2) is 0 Å². The van der Waals surface area contributed by atoms with Crippen LogP contribution in [0.4, 0.5) is 4.79 Å². The molecule has 0 aromatic heterocycles. The molecule has 7 nitrogen and oxygen atoms in total. The van der Waals surface area contributed by atoms with Crippen molar-refractivity contribution in [1.82, 2.24) is 15.5 Å². The molecule has 0 spiro atoms. The first-order valence-corrected chi connectivity index (χ1v) is 9.75. The molecule has 3 amide bonds. The quantitative estimate of drug-likeness (QED) is 0.297. The van der Waals surface area contributed by atoms with Gasteiger partial charge in [-0.15, -0.1) is 11.8 Å². The van der Waals surface area contributed by atoms with E-state index in [2.05, 4.69) is 10.6 Å². The van der Waals surface area contributed by atoms with E-state index < -0.39 is 5.97 Å². The fraction of sp³-hybridized carbons (Fsp3) is 0.812. The number of fused-ring (bicyclic) bond motifs is 1. The molecule has 0 aromatic carbocycles. The first-order chi connectivity index (χ1) is 11.6. The maximum Gasteiger partial charge on any atom is 0.319 e. The molecule has 0 radical (unpaired) electrons. The number of urea groups is 1. The lowest BCUT2D eigenvalue weighted by atomic mass is 10.0. The van der Waals surface area contributed by atoms with Crippen molar-refractivity contribution in [3.8, 4) is 0 Å². The van der Waals surface area contributed by atoms with Crippen LogP contribution < -0.4 is 10.6 Å². The van der Waals surface area contributed by atoms with E-state index in [1.165, 1.54) is 0 Å². The van der Waals surface area contributed by atoms with Crippen molar-refractivity contribution in [2.24, 2.45) is 0 Å². The maximum atomic E-state index is 11.7. The fourth-order valence-electron chi connectivity index (χ4n) is 3.63.